The SMILES string of the molecule is CN1C(C(O)N[C@H](CO)c2ccc(C(=O)O)cc2)=CC2C(Cl)=C(Cl)C=C[C@]21C. The lowest BCUT2D eigenvalue weighted by Crippen LogP contribution is -2.47. The van der Waals surface area contributed by atoms with Crippen LogP contribution in [0.1, 0.15) is 28.9 Å². The van der Waals surface area contributed by atoms with Crippen LogP contribution in [0.5, 0.6) is 0 Å². The number of halogens is 2. The highest BCUT2D eigenvalue weighted by Crippen LogP contribution is 2.47. The zero-order valence-electron chi connectivity index (χ0n) is 15.4. The fraction of sp³-hybridized carbons (Fsp3) is 0.350. The number of fused-ring (bicyclic) bond motifs is 1. The van der Waals surface area contributed by atoms with Crippen LogP contribution in [0.25, 0.3) is 0 Å². The molecule has 1 aliphatic heterocycles. The van der Waals surface area contributed by atoms with Crippen molar-refractivity contribution in [2.45, 2.75) is 24.7 Å². The van der Waals surface area contributed by atoms with Crippen LogP contribution in [-0.4, -0.2) is 51.6 Å². The second kappa shape index (κ2) is 7.89. The Morgan fingerprint density at radius 2 is 1.96 bits per heavy atom. The molecular formula is C20H22Cl2N2O4. The number of aromatic carboxylic acids is 1. The normalized spacial score (nSPS) is 26.1. The average Bonchev–Trinajstić information content (AvgIpc) is 2.95. The highest BCUT2D eigenvalue weighted by molar-refractivity contribution is 6.40. The summed E-state index contributed by atoms with van der Waals surface area (Å²) in [5, 5.41) is 33.6. The zero-order chi connectivity index (χ0) is 20.6. The zero-order valence-corrected chi connectivity index (χ0v) is 16.9. The number of hydrogen-bond donors (Lipinski definition) is 4. The van der Waals surface area contributed by atoms with Crippen LogP contribution in [-0.2, 0) is 0 Å². The van der Waals surface area contributed by atoms with Crippen molar-refractivity contribution >= 4 is 29.2 Å². The molecule has 6 nitrogen and oxygen atoms in total. The minimum Gasteiger partial charge on any atom is -0.478 e. The monoisotopic (exact) mass is 424 g/mol. The van der Waals surface area contributed by atoms with Crippen LogP contribution < -0.4 is 5.32 Å². The number of carboxylic acid groups (broad SMARTS) is 1. The maximum Gasteiger partial charge on any atom is 0.335 e. The van der Waals surface area contributed by atoms with Crippen LogP contribution in [0.4, 0.5) is 0 Å². The molecule has 4 atom stereocenters. The minimum atomic E-state index is -1.07. The van der Waals surface area contributed by atoms with Crippen molar-refractivity contribution in [1.29, 1.82) is 0 Å². The molecule has 1 aromatic carbocycles. The van der Waals surface area contributed by atoms with Gasteiger partial charge in [0.05, 0.1) is 34.5 Å². The second-order valence-corrected chi connectivity index (χ2v) is 7.93. The molecule has 0 saturated heterocycles. The molecule has 0 bridgehead atoms. The molecule has 0 fully saturated rings. The molecule has 0 spiro atoms. The molecule has 150 valence electrons. The Kier molecular flexibility index (Phi) is 5.89. The van der Waals surface area contributed by atoms with Gasteiger partial charge in [0.1, 0.15) is 6.23 Å². The Balaban J connectivity index is 1.80. The van der Waals surface area contributed by atoms with E-state index < -0.39 is 23.8 Å². The van der Waals surface area contributed by atoms with Gasteiger partial charge in [-0.1, -0.05) is 47.5 Å². The van der Waals surface area contributed by atoms with Gasteiger partial charge in [0.2, 0.25) is 0 Å². The number of hydrogen-bond acceptors (Lipinski definition) is 5. The van der Waals surface area contributed by atoms with E-state index in [4.69, 9.17) is 28.3 Å². The van der Waals surface area contributed by atoms with E-state index >= 15 is 0 Å². The molecule has 3 rings (SSSR count). The van der Waals surface area contributed by atoms with Gasteiger partial charge in [0.25, 0.3) is 0 Å². The number of benzene rings is 1. The number of carbonyl (C=O) groups is 1. The first-order valence-electron chi connectivity index (χ1n) is 8.77. The van der Waals surface area contributed by atoms with Crippen LogP contribution >= 0.6 is 23.2 Å². The lowest BCUT2D eigenvalue weighted by molar-refractivity contribution is 0.0696. The van der Waals surface area contributed by atoms with Gasteiger partial charge in [0.15, 0.2) is 0 Å². The highest BCUT2D eigenvalue weighted by atomic mass is 35.5. The van der Waals surface area contributed by atoms with Crippen molar-refractivity contribution in [1.82, 2.24) is 10.2 Å². The van der Waals surface area contributed by atoms with Crippen molar-refractivity contribution in [2.75, 3.05) is 13.7 Å². The molecule has 0 saturated carbocycles. The first kappa shape index (κ1) is 20.9. The molecule has 1 heterocycles. The summed E-state index contributed by atoms with van der Waals surface area (Å²) in [4.78, 5) is 12.9. The quantitative estimate of drug-likeness (QED) is 0.524. The number of aliphatic hydroxyl groups excluding tert-OH is 2. The molecule has 2 unspecified atom stereocenters. The average molecular weight is 425 g/mol. The fourth-order valence-electron chi connectivity index (χ4n) is 3.62. The number of likely N-dealkylation sites (N-methyl/N-ethyl adjacent to an activating group) is 1. The van der Waals surface area contributed by atoms with E-state index in [9.17, 15) is 15.0 Å². The molecule has 1 aromatic rings. The molecule has 1 aliphatic carbocycles. The lowest BCUT2D eigenvalue weighted by atomic mass is 9.83. The van der Waals surface area contributed by atoms with Crippen LogP contribution in [0.2, 0.25) is 0 Å². The molecule has 0 amide bonds. The van der Waals surface area contributed by atoms with E-state index in [-0.39, 0.29) is 18.1 Å². The van der Waals surface area contributed by atoms with Crippen LogP contribution in [0, 0.1) is 5.92 Å². The second-order valence-electron chi connectivity index (χ2n) is 7.11. The van der Waals surface area contributed by atoms with Crippen LogP contribution in [0.3, 0.4) is 0 Å². The van der Waals surface area contributed by atoms with Gasteiger partial charge in [0, 0.05) is 18.0 Å². The Morgan fingerprint density at radius 1 is 1.32 bits per heavy atom. The molecule has 0 radical (unpaired) electrons. The summed E-state index contributed by atoms with van der Waals surface area (Å²) < 4.78 is 0. The number of carboxylic acids is 1. The van der Waals surface area contributed by atoms with Crippen molar-refractivity contribution in [2.24, 2.45) is 5.92 Å². The third kappa shape index (κ3) is 3.58. The van der Waals surface area contributed by atoms with Crippen molar-refractivity contribution in [3.63, 3.8) is 0 Å². The van der Waals surface area contributed by atoms with Gasteiger partial charge in [-0.05, 0) is 30.7 Å². The van der Waals surface area contributed by atoms with Crippen molar-refractivity contribution in [3.05, 3.63) is 69.4 Å². The minimum absolute atomic E-state index is 0.154. The van der Waals surface area contributed by atoms with E-state index in [0.717, 1.165) is 0 Å². The third-order valence-electron chi connectivity index (χ3n) is 5.53. The molecule has 0 aromatic heterocycles. The Labute approximate surface area is 173 Å². The Bertz CT molecular complexity index is 865. The first-order chi connectivity index (χ1) is 13.2. The van der Waals surface area contributed by atoms with Gasteiger partial charge in [-0.3, -0.25) is 5.32 Å². The molecule has 28 heavy (non-hydrogen) atoms. The highest BCUT2D eigenvalue weighted by Gasteiger charge is 2.46. The predicted molar refractivity (Wildman–Crippen MR) is 108 cm³/mol. The third-order valence-corrected chi connectivity index (χ3v) is 6.39. The van der Waals surface area contributed by atoms with E-state index in [1.807, 2.05) is 31.0 Å². The molecule has 8 heteroatoms. The van der Waals surface area contributed by atoms with Gasteiger partial charge < -0.3 is 20.2 Å². The summed E-state index contributed by atoms with van der Waals surface area (Å²) in [6.07, 6.45) is 4.51. The van der Waals surface area contributed by atoms with Crippen molar-refractivity contribution < 1.29 is 20.1 Å². The maximum atomic E-state index is 11.0. The summed E-state index contributed by atoms with van der Waals surface area (Å²) in [7, 11) is 1.86. The van der Waals surface area contributed by atoms with E-state index in [1.165, 1.54) is 12.1 Å². The Hall–Kier alpha value is -1.83. The molecule has 2 aliphatic rings. The fourth-order valence-corrected chi connectivity index (χ4v) is 4.14. The number of aliphatic hydroxyl groups is 2. The summed E-state index contributed by atoms with van der Waals surface area (Å²) in [5.74, 6) is -1.21. The number of nitrogens with one attached hydrogen (secondary N) is 1. The maximum absolute atomic E-state index is 11.0. The van der Waals surface area contributed by atoms with Crippen LogP contribution in [0.15, 0.2) is 58.3 Å². The van der Waals surface area contributed by atoms with Gasteiger partial charge in [-0.2, -0.15) is 0 Å². The largest absolute Gasteiger partial charge is 0.478 e. The van der Waals surface area contributed by atoms with E-state index in [1.54, 1.807) is 18.2 Å². The van der Waals surface area contributed by atoms with Gasteiger partial charge in [-0.15, -0.1) is 0 Å². The first-order valence-corrected chi connectivity index (χ1v) is 9.52. The Morgan fingerprint density at radius 3 is 2.54 bits per heavy atom. The van der Waals surface area contributed by atoms with Gasteiger partial charge in [-0.25, -0.2) is 4.79 Å². The lowest BCUT2D eigenvalue weighted by Gasteiger charge is -2.40. The van der Waals surface area contributed by atoms with Crippen molar-refractivity contribution in [3.8, 4) is 0 Å². The number of nitrogens with zero attached hydrogens (tertiary/aromatic N) is 1. The summed E-state index contributed by atoms with van der Waals surface area (Å²) >= 11 is 12.6. The summed E-state index contributed by atoms with van der Waals surface area (Å²) in [5.41, 5.74) is 0.978. The summed E-state index contributed by atoms with van der Waals surface area (Å²) in [6.45, 7) is 1.73. The number of rotatable bonds is 6. The number of allylic oxidation sites excluding steroid dienone is 2. The van der Waals surface area contributed by atoms with Gasteiger partial charge >= 0.3 is 5.97 Å². The topological polar surface area (TPSA) is 93.0 Å². The van der Waals surface area contributed by atoms with E-state index in [2.05, 4.69) is 5.32 Å². The molecule has 4 N–H and O–H groups in total. The predicted octanol–water partition coefficient (Wildman–Crippen LogP) is 2.79. The smallest absolute Gasteiger partial charge is 0.335 e. The summed E-state index contributed by atoms with van der Waals surface area (Å²) in [6, 6.07) is 5.57. The van der Waals surface area contributed by atoms with E-state index in [0.29, 0.717) is 21.3 Å². The standard InChI is InChI=1S/C20H22Cl2N2O4/c1-20-8-7-14(21)17(22)13(20)9-16(24(20)2)18(26)23-15(10-25)11-3-5-12(6-4-11)19(27)28/h3-9,13,15,18,23,25-26H,10H2,1-2H3,(H,27,28)/t13?,15-,18?,20-/m1/s1. The molecular weight excluding hydrogens is 403 g/mol.